The van der Waals surface area contributed by atoms with E-state index in [0.717, 1.165) is 22.4 Å². The molecule has 3 nitrogen and oxygen atoms in total. The summed E-state index contributed by atoms with van der Waals surface area (Å²) in [5, 5.41) is 12.7. The molecule has 0 radical (unpaired) electrons. The van der Waals surface area contributed by atoms with Gasteiger partial charge in [0.15, 0.2) is 0 Å². The van der Waals surface area contributed by atoms with Crippen molar-refractivity contribution in [2.45, 2.75) is 13.8 Å². The average Bonchev–Trinajstić information content (AvgIpc) is 2.11. The Balaban J connectivity index is 3.28. The van der Waals surface area contributed by atoms with Crippen molar-refractivity contribution in [2.24, 2.45) is 0 Å². The number of benzene rings is 1. The Kier molecular flexibility index (Phi) is 2.76. The zero-order valence-corrected chi connectivity index (χ0v) is 7.92. The van der Waals surface area contributed by atoms with E-state index in [-0.39, 0.29) is 0 Å². The molecule has 0 N–H and O–H groups in total. The lowest BCUT2D eigenvalue weighted by Crippen LogP contribution is -1.90. The van der Waals surface area contributed by atoms with Crippen LogP contribution in [0.15, 0.2) is 12.1 Å². The van der Waals surface area contributed by atoms with Gasteiger partial charge in [0.2, 0.25) is 0 Å². The Hall–Kier alpha value is -1.69. The fourth-order valence-electron chi connectivity index (χ4n) is 1.26. The first-order chi connectivity index (χ1) is 6.19. The summed E-state index contributed by atoms with van der Waals surface area (Å²) in [5.41, 5.74) is 2.63. The van der Waals surface area contributed by atoms with E-state index >= 15 is 0 Å². The van der Waals surface area contributed by atoms with Crippen LogP contribution in [0, 0.1) is 25.1 Å². The van der Waals surface area contributed by atoms with Crippen LogP contribution in [0.4, 0.5) is 0 Å². The minimum Gasteiger partial charge on any atom is -0.498 e. The van der Waals surface area contributed by atoms with Crippen molar-refractivity contribution < 1.29 is 4.74 Å². The fraction of sp³-hybridized carbons (Fsp3) is 0.300. The Labute approximate surface area is 77.4 Å². The number of hydrogen-bond acceptors (Lipinski definition) is 2. The van der Waals surface area contributed by atoms with E-state index in [2.05, 4.69) is 11.1 Å². The SMILES string of the molecule is COc1cc(C)c(C#[N+][O-])c(C)c1. The lowest BCUT2D eigenvalue weighted by atomic mass is 10.0. The molecule has 0 heterocycles. The van der Waals surface area contributed by atoms with E-state index in [9.17, 15) is 5.21 Å². The summed E-state index contributed by atoms with van der Waals surface area (Å²) >= 11 is 0. The maximum Gasteiger partial charge on any atom is 0.337 e. The molecule has 3 heteroatoms. The molecule has 1 aromatic carbocycles. The molecule has 0 aromatic heterocycles. The molecule has 0 aliphatic rings. The van der Waals surface area contributed by atoms with Gasteiger partial charge in [0.1, 0.15) is 11.3 Å². The molecule has 0 spiro atoms. The highest BCUT2D eigenvalue weighted by Gasteiger charge is 2.07. The van der Waals surface area contributed by atoms with Crippen LogP contribution in [0.25, 0.3) is 5.01 Å². The van der Waals surface area contributed by atoms with Crippen LogP contribution < -0.4 is 4.74 Å². The van der Waals surface area contributed by atoms with Gasteiger partial charge in [0.05, 0.1) is 7.11 Å². The van der Waals surface area contributed by atoms with Gasteiger partial charge in [-0.05, 0) is 37.1 Å². The highest BCUT2D eigenvalue weighted by atomic mass is 16.5. The van der Waals surface area contributed by atoms with Gasteiger partial charge in [-0.3, -0.25) is 0 Å². The third-order valence-electron chi connectivity index (χ3n) is 1.90. The molecule has 13 heavy (non-hydrogen) atoms. The third-order valence-corrected chi connectivity index (χ3v) is 1.90. The first kappa shape index (κ1) is 9.40. The molecule has 0 atom stereocenters. The van der Waals surface area contributed by atoms with Crippen molar-refractivity contribution >= 4 is 0 Å². The zero-order chi connectivity index (χ0) is 9.84. The fourth-order valence-corrected chi connectivity index (χ4v) is 1.26. The summed E-state index contributed by atoms with van der Waals surface area (Å²) in [7, 11) is 1.61. The summed E-state index contributed by atoms with van der Waals surface area (Å²) in [5.74, 6) is 0.784. The molecule has 68 valence electrons. The second kappa shape index (κ2) is 3.81. The number of nitrogens with zero attached hydrogens (tertiary/aromatic N) is 1. The highest BCUT2D eigenvalue weighted by Crippen LogP contribution is 2.20. The zero-order valence-electron chi connectivity index (χ0n) is 7.92. The van der Waals surface area contributed by atoms with Gasteiger partial charge in [0, 0.05) is 5.01 Å². The van der Waals surface area contributed by atoms with Crippen molar-refractivity contribution in [3.05, 3.63) is 39.0 Å². The number of rotatable bonds is 1. The van der Waals surface area contributed by atoms with E-state index in [0.29, 0.717) is 0 Å². The second-order valence-corrected chi connectivity index (χ2v) is 2.84. The van der Waals surface area contributed by atoms with Crippen molar-refractivity contribution in [1.82, 2.24) is 0 Å². The molecular formula is C10H11NO2. The average molecular weight is 177 g/mol. The van der Waals surface area contributed by atoms with Crippen LogP contribution in [0.5, 0.6) is 5.75 Å². The van der Waals surface area contributed by atoms with Crippen molar-refractivity contribution in [3.8, 4) is 11.8 Å². The molecule has 1 aromatic rings. The van der Waals surface area contributed by atoms with E-state index < -0.39 is 0 Å². The normalized spacial score (nSPS) is 8.85. The number of hydrogen-bond donors (Lipinski definition) is 0. The van der Waals surface area contributed by atoms with Gasteiger partial charge in [-0.15, -0.1) is 0 Å². The van der Waals surface area contributed by atoms with E-state index in [1.54, 1.807) is 7.11 Å². The third kappa shape index (κ3) is 1.91. The molecule has 0 bridgehead atoms. The molecule has 0 saturated carbocycles. The molecular weight excluding hydrogens is 166 g/mol. The number of methoxy groups -OCH3 is 1. The minimum atomic E-state index is 0.746. The molecule has 0 aliphatic heterocycles. The molecule has 0 aliphatic carbocycles. The van der Waals surface area contributed by atoms with Crippen molar-refractivity contribution in [2.75, 3.05) is 7.11 Å². The predicted octanol–water partition coefficient (Wildman–Crippen LogP) is 2.49. The lowest BCUT2D eigenvalue weighted by Gasteiger charge is -2.04. The van der Waals surface area contributed by atoms with Gasteiger partial charge < -0.3 is 9.94 Å². The maximum absolute atomic E-state index is 10.0. The molecule has 0 unspecified atom stereocenters. The smallest absolute Gasteiger partial charge is 0.337 e. The molecule has 0 saturated heterocycles. The van der Waals surface area contributed by atoms with Crippen LogP contribution in [-0.2, 0) is 0 Å². The molecule has 1 rings (SSSR count). The van der Waals surface area contributed by atoms with Crippen LogP contribution in [-0.4, -0.2) is 7.11 Å². The van der Waals surface area contributed by atoms with Crippen LogP contribution in [0.3, 0.4) is 0 Å². The topological polar surface area (TPSA) is 36.6 Å². The Morgan fingerprint density at radius 1 is 1.31 bits per heavy atom. The lowest BCUT2D eigenvalue weighted by molar-refractivity contribution is 0.414. The van der Waals surface area contributed by atoms with Crippen molar-refractivity contribution in [1.29, 1.82) is 0 Å². The second-order valence-electron chi connectivity index (χ2n) is 2.84. The largest absolute Gasteiger partial charge is 0.498 e. The van der Waals surface area contributed by atoms with Crippen LogP contribution in [0.2, 0.25) is 0 Å². The van der Waals surface area contributed by atoms with Gasteiger partial charge >= 0.3 is 6.07 Å². The number of aryl methyl sites for hydroxylation is 2. The van der Waals surface area contributed by atoms with Gasteiger partial charge in [-0.25, -0.2) is 0 Å². The monoisotopic (exact) mass is 177 g/mol. The number of ether oxygens (including phenoxy) is 1. The van der Waals surface area contributed by atoms with Gasteiger partial charge in [-0.2, -0.15) is 0 Å². The quantitative estimate of drug-likeness (QED) is 0.618. The van der Waals surface area contributed by atoms with Gasteiger partial charge in [0.25, 0.3) is 0 Å². The standard InChI is InChI=1S/C10H11NO2/c1-7-4-9(13-3)5-8(2)10(7)6-11-12/h4-5H,1-3H3. The van der Waals surface area contributed by atoms with E-state index in [4.69, 9.17) is 4.74 Å². The summed E-state index contributed by atoms with van der Waals surface area (Å²) < 4.78 is 5.07. The Morgan fingerprint density at radius 2 is 1.85 bits per heavy atom. The maximum atomic E-state index is 10.0. The molecule has 0 fully saturated rings. The highest BCUT2D eigenvalue weighted by molar-refractivity contribution is 5.49. The van der Waals surface area contributed by atoms with E-state index in [1.807, 2.05) is 26.0 Å². The van der Waals surface area contributed by atoms with E-state index in [1.165, 1.54) is 0 Å². The first-order valence-corrected chi connectivity index (χ1v) is 3.92. The summed E-state index contributed by atoms with van der Waals surface area (Å²) in [6, 6.07) is 6.10. The van der Waals surface area contributed by atoms with Gasteiger partial charge in [-0.1, -0.05) is 0 Å². The molecule has 0 amide bonds. The first-order valence-electron chi connectivity index (χ1n) is 3.92. The van der Waals surface area contributed by atoms with Crippen LogP contribution in [0.1, 0.15) is 16.7 Å². The summed E-state index contributed by atoms with van der Waals surface area (Å²) in [6.07, 6.45) is 0. The summed E-state index contributed by atoms with van der Waals surface area (Å²) in [6.45, 7) is 3.78. The van der Waals surface area contributed by atoms with Crippen LogP contribution >= 0.6 is 0 Å². The Bertz CT molecular complexity index is 351. The van der Waals surface area contributed by atoms with Crippen molar-refractivity contribution in [3.63, 3.8) is 0 Å². The summed E-state index contributed by atoms with van der Waals surface area (Å²) in [4.78, 5) is 0. The predicted molar refractivity (Wildman–Crippen MR) is 52.2 cm³/mol. The Morgan fingerprint density at radius 3 is 2.23 bits per heavy atom. The minimum absolute atomic E-state index is 0.746.